The Bertz CT molecular complexity index is 590. The predicted octanol–water partition coefficient (Wildman–Crippen LogP) is 1.33. The molecule has 2 aromatic rings. The van der Waals surface area contributed by atoms with Gasteiger partial charge in [-0.1, -0.05) is 18.2 Å². The Kier molecular flexibility index (Phi) is 2.91. The number of pyridine rings is 1. The van der Waals surface area contributed by atoms with Crippen LogP contribution in [0.1, 0.15) is 10.4 Å². The van der Waals surface area contributed by atoms with Gasteiger partial charge in [0.25, 0.3) is 11.5 Å². The van der Waals surface area contributed by atoms with Crippen molar-refractivity contribution in [2.24, 2.45) is 0 Å². The molecule has 0 saturated carbocycles. The number of hydrogen-bond acceptors (Lipinski definition) is 3. The summed E-state index contributed by atoms with van der Waals surface area (Å²) in [6.45, 7) is 0. The molecule has 1 aromatic heterocycles. The van der Waals surface area contributed by atoms with Crippen molar-refractivity contribution in [1.29, 1.82) is 0 Å². The van der Waals surface area contributed by atoms with Gasteiger partial charge in [0, 0.05) is 18.0 Å². The third kappa shape index (κ3) is 2.52. The van der Waals surface area contributed by atoms with Gasteiger partial charge in [-0.25, -0.2) is 0 Å². The lowest BCUT2D eigenvalue weighted by Gasteiger charge is -2.05. The molecular weight excluding hydrogens is 220 g/mol. The monoisotopic (exact) mass is 230 g/mol. The number of H-pyrrole nitrogens is 1. The van der Waals surface area contributed by atoms with Crippen LogP contribution in [0.4, 0.5) is 5.69 Å². The number of carbonyl (C=O) groups excluding carboxylic acids is 1. The lowest BCUT2D eigenvalue weighted by atomic mass is 10.2. The van der Waals surface area contributed by atoms with Gasteiger partial charge in [0.15, 0.2) is 0 Å². The first-order valence-electron chi connectivity index (χ1n) is 4.95. The van der Waals surface area contributed by atoms with Gasteiger partial charge < -0.3 is 15.4 Å². The highest BCUT2D eigenvalue weighted by Gasteiger charge is 2.11. The first kappa shape index (κ1) is 10.9. The topological polar surface area (TPSA) is 82.2 Å². The normalized spacial score (nSPS) is 9.88. The lowest BCUT2D eigenvalue weighted by Crippen LogP contribution is -2.14. The average Bonchev–Trinajstić information content (AvgIpc) is 2.30. The number of para-hydroxylation sites is 1. The third-order valence-electron chi connectivity index (χ3n) is 2.18. The maximum Gasteiger partial charge on any atom is 0.260 e. The zero-order chi connectivity index (χ0) is 12.3. The molecule has 2 rings (SSSR count). The number of anilines is 1. The Hall–Kier alpha value is -2.56. The fourth-order valence-electron chi connectivity index (χ4n) is 1.36. The van der Waals surface area contributed by atoms with Crippen molar-refractivity contribution in [2.75, 3.05) is 5.32 Å². The molecule has 0 aliphatic heterocycles. The Morgan fingerprint density at radius 1 is 1.24 bits per heavy atom. The first-order chi connectivity index (χ1) is 8.16. The molecule has 0 saturated heterocycles. The molecule has 0 atom stereocenters. The number of benzene rings is 1. The Labute approximate surface area is 96.7 Å². The quantitative estimate of drug-likeness (QED) is 0.727. The smallest absolute Gasteiger partial charge is 0.260 e. The molecule has 3 N–H and O–H groups in total. The molecule has 0 aliphatic rings. The van der Waals surface area contributed by atoms with Gasteiger partial charge in [0.05, 0.1) is 5.56 Å². The lowest BCUT2D eigenvalue weighted by molar-refractivity contribution is 0.102. The number of nitrogens with one attached hydrogen (secondary N) is 2. The minimum Gasteiger partial charge on any atom is -0.507 e. The molecule has 0 radical (unpaired) electrons. The van der Waals surface area contributed by atoms with Gasteiger partial charge in [0.1, 0.15) is 5.75 Å². The molecule has 0 spiro atoms. The van der Waals surface area contributed by atoms with E-state index in [9.17, 15) is 14.7 Å². The van der Waals surface area contributed by atoms with E-state index < -0.39 is 11.5 Å². The van der Waals surface area contributed by atoms with Gasteiger partial charge in [-0.15, -0.1) is 0 Å². The van der Waals surface area contributed by atoms with Crippen LogP contribution >= 0.6 is 0 Å². The minimum atomic E-state index is -0.482. The summed E-state index contributed by atoms with van der Waals surface area (Å²) in [5, 5.41) is 12.1. The molecule has 1 heterocycles. The summed E-state index contributed by atoms with van der Waals surface area (Å²) in [4.78, 5) is 25.0. The van der Waals surface area contributed by atoms with Crippen molar-refractivity contribution in [1.82, 2.24) is 4.98 Å². The summed E-state index contributed by atoms with van der Waals surface area (Å²) in [5.41, 5.74) is 0.176. The summed E-state index contributed by atoms with van der Waals surface area (Å²) in [6.07, 6.45) is 1.18. The van der Waals surface area contributed by atoms with E-state index in [1.54, 1.807) is 24.3 Å². The Morgan fingerprint density at radius 2 is 1.94 bits per heavy atom. The molecule has 86 valence electrons. The molecule has 17 heavy (non-hydrogen) atoms. The summed E-state index contributed by atoms with van der Waals surface area (Å²) in [5.74, 6) is -0.827. The molecule has 0 fully saturated rings. The third-order valence-corrected chi connectivity index (χ3v) is 2.18. The average molecular weight is 230 g/mol. The summed E-state index contributed by atoms with van der Waals surface area (Å²) < 4.78 is 0. The van der Waals surface area contributed by atoms with Gasteiger partial charge in [-0.2, -0.15) is 0 Å². The summed E-state index contributed by atoms with van der Waals surface area (Å²) in [7, 11) is 0. The van der Waals surface area contributed by atoms with E-state index >= 15 is 0 Å². The van der Waals surface area contributed by atoms with Crippen LogP contribution in [0, 0.1) is 0 Å². The summed E-state index contributed by atoms with van der Waals surface area (Å²) >= 11 is 0. The maximum absolute atomic E-state index is 11.8. The van der Waals surface area contributed by atoms with Crippen molar-refractivity contribution in [2.45, 2.75) is 0 Å². The molecule has 1 aromatic carbocycles. The molecule has 1 amide bonds. The van der Waals surface area contributed by atoms with Gasteiger partial charge in [0.2, 0.25) is 0 Å². The van der Waals surface area contributed by atoms with Crippen LogP contribution in [0.15, 0.2) is 47.4 Å². The maximum atomic E-state index is 11.8. The molecule has 0 aliphatic carbocycles. The zero-order valence-electron chi connectivity index (χ0n) is 8.81. The number of aromatic amines is 1. The van der Waals surface area contributed by atoms with Crippen molar-refractivity contribution in [3.8, 4) is 5.75 Å². The number of aromatic nitrogens is 1. The second-order valence-corrected chi connectivity index (χ2v) is 3.42. The number of rotatable bonds is 2. The van der Waals surface area contributed by atoms with Gasteiger partial charge in [-0.05, 0) is 12.1 Å². The number of hydrogen-bond donors (Lipinski definition) is 3. The van der Waals surface area contributed by atoms with E-state index in [0.29, 0.717) is 5.69 Å². The van der Waals surface area contributed by atoms with E-state index in [0.717, 1.165) is 6.07 Å². The van der Waals surface area contributed by atoms with Crippen LogP contribution in [0.5, 0.6) is 5.75 Å². The van der Waals surface area contributed by atoms with Crippen LogP contribution < -0.4 is 10.9 Å². The fraction of sp³-hybridized carbons (Fsp3) is 0. The van der Waals surface area contributed by atoms with Crippen molar-refractivity contribution in [3.05, 3.63) is 58.5 Å². The molecule has 5 nitrogen and oxygen atoms in total. The van der Waals surface area contributed by atoms with Crippen molar-refractivity contribution >= 4 is 11.6 Å². The Balaban J connectivity index is 2.24. The fourth-order valence-corrected chi connectivity index (χ4v) is 1.36. The van der Waals surface area contributed by atoms with E-state index in [1.165, 1.54) is 6.20 Å². The van der Waals surface area contributed by atoms with Crippen LogP contribution in [0.2, 0.25) is 0 Å². The molecular formula is C12H10N2O3. The molecule has 0 bridgehead atoms. The standard InChI is InChI=1S/C12H10N2O3/c15-10-6-11(16)13-7-9(10)12(17)14-8-4-2-1-3-5-8/h1-7H,(H,14,17)(H2,13,15,16). The van der Waals surface area contributed by atoms with E-state index in [4.69, 9.17) is 0 Å². The second-order valence-electron chi connectivity index (χ2n) is 3.42. The number of amides is 1. The predicted molar refractivity (Wildman–Crippen MR) is 63.1 cm³/mol. The van der Waals surface area contributed by atoms with Crippen molar-refractivity contribution < 1.29 is 9.90 Å². The van der Waals surface area contributed by atoms with Gasteiger partial charge in [-0.3, -0.25) is 9.59 Å². The van der Waals surface area contributed by atoms with Gasteiger partial charge >= 0.3 is 0 Å². The number of carbonyl (C=O) groups is 1. The largest absolute Gasteiger partial charge is 0.507 e. The molecule has 0 unspecified atom stereocenters. The van der Waals surface area contributed by atoms with Crippen molar-refractivity contribution in [3.63, 3.8) is 0 Å². The molecule has 5 heteroatoms. The van der Waals surface area contributed by atoms with E-state index in [1.807, 2.05) is 6.07 Å². The van der Waals surface area contributed by atoms with Crippen LogP contribution in [0.25, 0.3) is 0 Å². The first-order valence-corrected chi connectivity index (χ1v) is 4.95. The van der Waals surface area contributed by atoms with E-state index in [-0.39, 0.29) is 11.3 Å². The van der Waals surface area contributed by atoms with Crippen LogP contribution in [-0.4, -0.2) is 16.0 Å². The highest BCUT2D eigenvalue weighted by atomic mass is 16.3. The zero-order valence-corrected chi connectivity index (χ0v) is 8.81. The second kappa shape index (κ2) is 4.52. The summed E-state index contributed by atoms with van der Waals surface area (Å²) in [6, 6.07) is 9.79. The number of aromatic hydroxyl groups is 1. The van der Waals surface area contributed by atoms with Crippen LogP contribution in [-0.2, 0) is 0 Å². The highest BCUT2D eigenvalue weighted by molar-refractivity contribution is 6.05. The minimum absolute atomic E-state index is 0.0217. The highest BCUT2D eigenvalue weighted by Crippen LogP contribution is 2.14. The SMILES string of the molecule is O=C(Nc1ccccc1)c1c[nH]c(=O)cc1O. The van der Waals surface area contributed by atoms with E-state index in [2.05, 4.69) is 10.3 Å². The van der Waals surface area contributed by atoms with Crippen LogP contribution in [0.3, 0.4) is 0 Å². The Morgan fingerprint density at radius 3 is 2.59 bits per heavy atom.